The fourth-order valence-corrected chi connectivity index (χ4v) is 2.05. The SMILES string of the molecule is Cc1cc(NC(=O)c2cc([N+](=O)[O-])ccc2Cl)cnc1Br. The highest BCUT2D eigenvalue weighted by molar-refractivity contribution is 9.10. The predicted molar refractivity (Wildman–Crippen MR) is 82.7 cm³/mol. The van der Waals surface area contributed by atoms with Gasteiger partial charge in [0.1, 0.15) is 4.60 Å². The van der Waals surface area contributed by atoms with Crippen LogP contribution in [0.3, 0.4) is 0 Å². The molecule has 0 saturated heterocycles. The number of hydrogen-bond donors (Lipinski definition) is 1. The molecule has 0 spiro atoms. The summed E-state index contributed by atoms with van der Waals surface area (Å²) in [5, 5.41) is 13.5. The molecule has 0 atom stereocenters. The third kappa shape index (κ3) is 3.56. The molecule has 2 aromatic rings. The van der Waals surface area contributed by atoms with Crippen LogP contribution in [0.2, 0.25) is 5.02 Å². The molecule has 0 aliphatic rings. The number of nitrogens with zero attached hydrogens (tertiary/aromatic N) is 2. The Morgan fingerprint density at radius 2 is 2.14 bits per heavy atom. The van der Waals surface area contributed by atoms with Crippen molar-refractivity contribution >= 4 is 44.8 Å². The van der Waals surface area contributed by atoms with E-state index in [1.807, 2.05) is 6.92 Å². The summed E-state index contributed by atoms with van der Waals surface area (Å²) in [6, 6.07) is 5.42. The number of amides is 1. The lowest BCUT2D eigenvalue weighted by Crippen LogP contribution is -2.13. The van der Waals surface area contributed by atoms with Gasteiger partial charge in [-0.25, -0.2) is 4.98 Å². The molecular formula is C13H9BrClN3O3. The number of aryl methyl sites for hydroxylation is 1. The van der Waals surface area contributed by atoms with Gasteiger partial charge in [0.05, 0.1) is 27.4 Å². The van der Waals surface area contributed by atoms with E-state index in [1.54, 1.807) is 6.07 Å². The number of aromatic nitrogens is 1. The van der Waals surface area contributed by atoms with Gasteiger partial charge in [-0.1, -0.05) is 11.6 Å². The second-order valence-corrected chi connectivity index (χ2v) is 5.37. The van der Waals surface area contributed by atoms with E-state index in [0.29, 0.717) is 10.3 Å². The number of carbonyl (C=O) groups excluding carboxylic acids is 1. The van der Waals surface area contributed by atoms with E-state index in [2.05, 4.69) is 26.2 Å². The first-order valence-electron chi connectivity index (χ1n) is 5.76. The molecule has 2 rings (SSSR count). The first-order valence-corrected chi connectivity index (χ1v) is 6.93. The third-order valence-corrected chi connectivity index (χ3v) is 3.84. The second-order valence-electron chi connectivity index (χ2n) is 4.21. The molecule has 1 aromatic heterocycles. The molecule has 8 heteroatoms. The molecule has 0 bridgehead atoms. The van der Waals surface area contributed by atoms with E-state index in [1.165, 1.54) is 18.3 Å². The Morgan fingerprint density at radius 3 is 2.76 bits per heavy atom. The summed E-state index contributed by atoms with van der Waals surface area (Å²) < 4.78 is 0.675. The van der Waals surface area contributed by atoms with Gasteiger partial charge in [-0.15, -0.1) is 0 Å². The molecule has 0 fully saturated rings. The predicted octanol–water partition coefficient (Wildman–Crippen LogP) is 3.97. The van der Waals surface area contributed by atoms with Gasteiger partial charge in [0.25, 0.3) is 11.6 Å². The van der Waals surface area contributed by atoms with Crippen LogP contribution in [0.5, 0.6) is 0 Å². The lowest BCUT2D eigenvalue weighted by atomic mass is 10.2. The van der Waals surface area contributed by atoms with Crippen molar-refractivity contribution in [3.05, 3.63) is 61.3 Å². The zero-order valence-electron chi connectivity index (χ0n) is 10.8. The van der Waals surface area contributed by atoms with E-state index in [0.717, 1.165) is 11.6 Å². The highest BCUT2D eigenvalue weighted by atomic mass is 79.9. The molecule has 1 aromatic carbocycles. The van der Waals surface area contributed by atoms with Gasteiger partial charge in [0.2, 0.25) is 0 Å². The molecule has 21 heavy (non-hydrogen) atoms. The van der Waals surface area contributed by atoms with Crippen LogP contribution in [0, 0.1) is 17.0 Å². The third-order valence-electron chi connectivity index (χ3n) is 2.68. The van der Waals surface area contributed by atoms with Gasteiger partial charge in [-0.2, -0.15) is 0 Å². The van der Waals surface area contributed by atoms with Crippen LogP contribution >= 0.6 is 27.5 Å². The lowest BCUT2D eigenvalue weighted by Gasteiger charge is -2.07. The summed E-state index contributed by atoms with van der Waals surface area (Å²) >= 11 is 9.17. The number of non-ortho nitro benzene ring substituents is 1. The van der Waals surface area contributed by atoms with Gasteiger partial charge in [0, 0.05) is 12.1 Å². The van der Waals surface area contributed by atoms with Gasteiger partial charge in [-0.05, 0) is 40.5 Å². The smallest absolute Gasteiger partial charge is 0.270 e. The van der Waals surface area contributed by atoms with Crippen molar-refractivity contribution in [2.24, 2.45) is 0 Å². The van der Waals surface area contributed by atoms with Crippen molar-refractivity contribution in [1.82, 2.24) is 4.98 Å². The van der Waals surface area contributed by atoms with Gasteiger partial charge >= 0.3 is 0 Å². The molecule has 0 aliphatic carbocycles. The van der Waals surface area contributed by atoms with Crippen molar-refractivity contribution < 1.29 is 9.72 Å². The van der Waals surface area contributed by atoms with Crippen molar-refractivity contribution in [2.75, 3.05) is 5.32 Å². The van der Waals surface area contributed by atoms with Crippen LogP contribution < -0.4 is 5.32 Å². The highest BCUT2D eigenvalue weighted by Gasteiger charge is 2.16. The number of nitro benzene ring substituents is 1. The fourth-order valence-electron chi connectivity index (χ4n) is 1.63. The molecule has 1 N–H and O–H groups in total. The Labute approximate surface area is 133 Å². The first-order chi connectivity index (χ1) is 9.88. The second kappa shape index (κ2) is 6.19. The molecule has 0 aliphatic heterocycles. The number of pyridine rings is 1. The minimum atomic E-state index is -0.585. The average molecular weight is 371 g/mol. The summed E-state index contributed by atoms with van der Waals surface area (Å²) in [6.07, 6.45) is 1.47. The summed E-state index contributed by atoms with van der Waals surface area (Å²) in [7, 11) is 0. The zero-order valence-corrected chi connectivity index (χ0v) is 13.1. The molecule has 0 saturated carbocycles. The van der Waals surface area contributed by atoms with E-state index in [4.69, 9.17) is 11.6 Å². The topological polar surface area (TPSA) is 85.1 Å². The minimum absolute atomic E-state index is 0.0337. The van der Waals surface area contributed by atoms with E-state index in [-0.39, 0.29) is 16.3 Å². The molecular weight excluding hydrogens is 362 g/mol. The molecule has 6 nitrogen and oxygen atoms in total. The van der Waals surface area contributed by atoms with Crippen molar-refractivity contribution in [3.63, 3.8) is 0 Å². The van der Waals surface area contributed by atoms with Crippen LogP contribution in [0.4, 0.5) is 11.4 Å². The van der Waals surface area contributed by atoms with E-state index < -0.39 is 10.8 Å². The fraction of sp³-hybridized carbons (Fsp3) is 0.0769. The standard InChI is InChI=1S/C13H9BrClN3O3/c1-7-4-8(6-16-12(7)14)17-13(19)10-5-9(18(20)21)2-3-11(10)15/h2-6H,1H3,(H,17,19). The van der Waals surface area contributed by atoms with Gasteiger partial charge in [-0.3, -0.25) is 14.9 Å². The summed E-state index contributed by atoms with van der Waals surface area (Å²) in [5.74, 6) is -0.535. The van der Waals surface area contributed by atoms with Crippen LogP contribution in [0.25, 0.3) is 0 Å². The number of benzene rings is 1. The Balaban J connectivity index is 2.29. The van der Waals surface area contributed by atoms with Crippen LogP contribution in [0.15, 0.2) is 35.1 Å². The van der Waals surface area contributed by atoms with Crippen LogP contribution in [-0.2, 0) is 0 Å². The molecule has 1 amide bonds. The number of carbonyl (C=O) groups is 1. The largest absolute Gasteiger partial charge is 0.321 e. The van der Waals surface area contributed by atoms with E-state index in [9.17, 15) is 14.9 Å². The van der Waals surface area contributed by atoms with Crippen LogP contribution in [-0.4, -0.2) is 15.8 Å². The maximum Gasteiger partial charge on any atom is 0.270 e. The highest BCUT2D eigenvalue weighted by Crippen LogP contribution is 2.24. The monoisotopic (exact) mass is 369 g/mol. The molecule has 108 valence electrons. The maximum atomic E-state index is 12.1. The number of hydrogen-bond acceptors (Lipinski definition) is 4. The van der Waals surface area contributed by atoms with Crippen molar-refractivity contribution in [3.8, 4) is 0 Å². The van der Waals surface area contributed by atoms with E-state index >= 15 is 0 Å². The first kappa shape index (κ1) is 15.4. The number of rotatable bonds is 3. The zero-order chi connectivity index (χ0) is 15.6. The molecule has 0 radical (unpaired) electrons. The Bertz CT molecular complexity index is 737. The summed E-state index contributed by atoms with van der Waals surface area (Å²) in [5.41, 5.74) is 1.15. The Kier molecular flexibility index (Phi) is 4.54. The van der Waals surface area contributed by atoms with Gasteiger partial charge < -0.3 is 5.32 Å². The maximum absolute atomic E-state index is 12.1. The van der Waals surface area contributed by atoms with Crippen molar-refractivity contribution in [1.29, 1.82) is 0 Å². The number of nitro groups is 1. The number of nitrogens with one attached hydrogen (secondary N) is 1. The normalized spacial score (nSPS) is 10.2. The quantitative estimate of drug-likeness (QED) is 0.503. The average Bonchev–Trinajstić information content (AvgIpc) is 2.43. The molecule has 0 unspecified atom stereocenters. The lowest BCUT2D eigenvalue weighted by molar-refractivity contribution is -0.384. The van der Waals surface area contributed by atoms with Gasteiger partial charge in [0.15, 0.2) is 0 Å². The van der Waals surface area contributed by atoms with Crippen LogP contribution in [0.1, 0.15) is 15.9 Å². The number of anilines is 1. The number of halogens is 2. The van der Waals surface area contributed by atoms with Crippen molar-refractivity contribution in [2.45, 2.75) is 6.92 Å². The Morgan fingerprint density at radius 1 is 1.43 bits per heavy atom. The minimum Gasteiger partial charge on any atom is -0.321 e. The summed E-state index contributed by atoms with van der Waals surface area (Å²) in [6.45, 7) is 1.83. The molecule has 1 heterocycles. The summed E-state index contributed by atoms with van der Waals surface area (Å²) in [4.78, 5) is 26.4. The Hall–Kier alpha value is -1.99.